The normalized spacial score (nSPS) is 10.2. The minimum absolute atomic E-state index is 0.0279. The van der Waals surface area contributed by atoms with Gasteiger partial charge in [0.2, 0.25) is 0 Å². The summed E-state index contributed by atoms with van der Waals surface area (Å²) in [4.78, 5) is 26.2. The molecule has 0 aliphatic heterocycles. The lowest BCUT2D eigenvalue weighted by atomic mass is 10.3. The van der Waals surface area contributed by atoms with E-state index in [1.807, 2.05) is 0 Å². The molecule has 0 radical (unpaired) electrons. The molecular formula is C14H19ClN2O4. The maximum Gasteiger partial charge on any atom is 0.325 e. The van der Waals surface area contributed by atoms with Crippen molar-refractivity contribution in [2.45, 2.75) is 13.3 Å². The molecule has 0 atom stereocenters. The predicted molar refractivity (Wildman–Crippen MR) is 80.8 cm³/mol. The average molecular weight is 315 g/mol. The zero-order valence-electron chi connectivity index (χ0n) is 11.8. The molecule has 0 spiro atoms. The van der Waals surface area contributed by atoms with Gasteiger partial charge in [0, 0.05) is 30.4 Å². The van der Waals surface area contributed by atoms with E-state index in [4.69, 9.17) is 21.8 Å². The van der Waals surface area contributed by atoms with Crippen molar-refractivity contribution in [2.75, 3.05) is 31.1 Å². The van der Waals surface area contributed by atoms with Crippen molar-refractivity contribution < 1.29 is 19.8 Å². The highest BCUT2D eigenvalue weighted by Crippen LogP contribution is 2.20. The van der Waals surface area contributed by atoms with Crippen LogP contribution >= 0.6 is 11.6 Å². The first-order valence-corrected chi connectivity index (χ1v) is 7.02. The number of anilines is 1. The summed E-state index contributed by atoms with van der Waals surface area (Å²) in [5, 5.41) is 18.3. The van der Waals surface area contributed by atoms with Gasteiger partial charge in [0.05, 0.1) is 0 Å². The van der Waals surface area contributed by atoms with Crippen molar-refractivity contribution in [1.82, 2.24) is 4.90 Å². The van der Waals surface area contributed by atoms with Gasteiger partial charge >= 0.3 is 12.0 Å². The number of hydrogen-bond acceptors (Lipinski definition) is 3. The van der Waals surface area contributed by atoms with Gasteiger partial charge < -0.3 is 15.1 Å². The zero-order valence-corrected chi connectivity index (χ0v) is 12.6. The number of hydrogen-bond donors (Lipinski definition) is 2. The molecule has 0 unspecified atom stereocenters. The van der Waals surface area contributed by atoms with E-state index < -0.39 is 18.5 Å². The number of carboxylic acid groups (broad SMARTS) is 1. The number of benzene rings is 1. The number of carbonyl (C=O) groups excluding carboxylic acids is 1. The van der Waals surface area contributed by atoms with E-state index in [9.17, 15) is 9.59 Å². The first kappa shape index (κ1) is 17.3. The van der Waals surface area contributed by atoms with Crippen LogP contribution in [0.5, 0.6) is 0 Å². The molecule has 0 aliphatic rings. The molecule has 0 bridgehead atoms. The molecule has 7 heteroatoms. The van der Waals surface area contributed by atoms with Crippen molar-refractivity contribution in [3.63, 3.8) is 0 Å². The fourth-order valence-electron chi connectivity index (χ4n) is 1.87. The summed E-state index contributed by atoms with van der Waals surface area (Å²) >= 11 is 5.90. The first-order chi connectivity index (χ1) is 9.99. The topological polar surface area (TPSA) is 81.1 Å². The molecule has 1 aromatic rings. The Kier molecular flexibility index (Phi) is 6.98. The third kappa shape index (κ3) is 5.24. The number of nitrogens with zero attached hydrogens (tertiary/aromatic N) is 2. The van der Waals surface area contributed by atoms with Gasteiger partial charge in [0.1, 0.15) is 6.54 Å². The van der Waals surface area contributed by atoms with Crippen molar-refractivity contribution >= 4 is 29.3 Å². The predicted octanol–water partition coefficient (Wildman–Crippen LogP) is 2.06. The third-order valence-corrected chi connectivity index (χ3v) is 3.12. The molecule has 21 heavy (non-hydrogen) atoms. The lowest BCUT2D eigenvalue weighted by molar-refractivity contribution is -0.135. The van der Waals surface area contributed by atoms with Gasteiger partial charge in [0.15, 0.2) is 0 Å². The van der Waals surface area contributed by atoms with Crippen LogP contribution in [0, 0.1) is 0 Å². The Morgan fingerprint density at radius 3 is 2.57 bits per heavy atom. The van der Waals surface area contributed by atoms with E-state index in [1.165, 1.54) is 4.90 Å². The van der Waals surface area contributed by atoms with Crippen LogP contribution in [0.1, 0.15) is 13.3 Å². The molecule has 2 N–H and O–H groups in total. The largest absolute Gasteiger partial charge is 0.480 e. The third-order valence-electron chi connectivity index (χ3n) is 2.88. The molecule has 0 saturated heterocycles. The van der Waals surface area contributed by atoms with E-state index in [-0.39, 0.29) is 6.61 Å². The fraction of sp³-hybridized carbons (Fsp3) is 0.429. The summed E-state index contributed by atoms with van der Waals surface area (Å²) in [6.45, 7) is 2.11. The molecular weight excluding hydrogens is 296 g/mol. The number of urea groups is 1. The number of aliphatic hydroxyl groups excluding tert-OH is 1. The van der Waals surface area contributed by atoms with E-state index in [0.29, 0.717) is 30.2 Å². The molecule has 0 aromatic heterocycles. The number of rotatable bonds is 7. The molecule has 0 fully saturated rings. The zero-order chi connectivity index (χ0) is 15.8. The molecule has 1 aromatic carbocycles. The van der Waals surface area contributed by atoms with Gasteiger partial charge in [-0.15, -0.1) is 0 Å². The lowest BCUT2D eigenvalue weighted by Crippen LogP contribution is -2.46. The van der Waals surface area contributed by atoms with Gasteiger partial charge in [0.25, 0.3) is 0 Å². The number of carbonyl (C=O) groups is 2. The van der Waals surface area contributed by atoms with Crippen LogP contribution in [0.2, 0.25) is 5.02 Å². The molecule has 0 aliphatic carbocycles. The van der Waals surface area contributed by atoms with Crippen LogP contribution < -0.4 is 4.90 Å². The lowest BCUT2D eigenvalue weighted by Gasteiger charge is -2.29. The second-order valence-electron chi connectivity index (χ2n) is 4.40. The molecule has 116 valence electrons. The summed E-state index contributed by atoms with van der Waals surface area (Å²) in [5.74, 6) is -1.11. The van der Waals surface area contributed by atoms with Crippen LogP contribution in [0.25, 0.3) is 0 Å². The Hall–Kier alpha value is -1.79. The van der Waals surface area contributed by atoms with Gasteiger partial charge in [-0.3, -0.25) is 9.69 Å². The molecule has 0 heterocycles. The number of aliphatic hydroxyl groups is 1. The Morgan fingerprint density at radius 2 is 2.05 bits per heavy atom. The molecule has 2 amide bonds. The molecule has 0 saturated carbocycles. The number of aliphatic carboxylic acids is 1. The number of halogens is 1. The van der Waals surface area contributed by atoms with Crippen molar-refractivity contribution in [3.8, 4) is 0 Å². The average Bonchev–Trinajstić information content (AvgIpc) is 2.45. The Labute approximate surface area is 128 Å². The smallest absolute Gasteiger partial charge is 0.325 e. The van der Waals surface area contributed by atoms with Crippen molar-refractivity contribution in [3.05, 3.63) is 29.3 Å². The number of amides is 2. The molecule has 1 rings (SSSR count). The van der Waals surface area contributed by atoms with Gasteiger partial charge in [-0.05, 0) is 31.5 Å². The van der Waals surface area contributed by atoms with Crippen LogP contribution in [0.15, 0.2) is 24.3 Å². The SMILES string of the molecule is CCN(CCCO)C(=O)N(CC(=O)O)c1cccc(Cl)c1. The van der Waals surface area contributed by atoms with E-state index in [0.717, 1.165) is 4.90 Å². The summed E-state index contributed by atoms with van der Waals surface area (Å²) in [7, 11) is 0. The second kappa shape index (κ2) is 8.49. The minimum atomic E-state index is -1.11. The van der Waals surface area contributed by atoms with Gasteiger partial charge in [-0.25, -0.2) is 4.79 Å². The van der Waals surface area contributed by atoms with Crippen molar-refractivity contribution in [1.29, 1.82) is 0 Å². The van der Waals surface area contributed by atoms with Crippen LogP contribution in [0.4, 0.5) is 10.5 Å². The quantitative estimate of drug-likeness (QED) is 0.807. The van der Waals surface area contributed by atoms with Crippen LogP contribution in [0.3, 0.4) is 0 Å². The van der Waals surface area contributed by atoms with Gasteiger partial charge in [-0.2, -0.15) is 0 Å². The summed E-state index contributed by atoms with van der Waals surface area (Å²) < 4.78 is 0. The van der Waals surface area contributed by atoms with E-state index in [2.05, 4.69) is 0 Å². The van der Waals surface area contributed by atoms with Gasteiger partial charge in [-0.1, -0.05) is 17.7 Å². The summed E-state index contributed by atoms with van der Waals surface area (Å²) in [5.41, 5.74) is 0.428. The minimum Gasteiger partial charge on any atom is -0.480 e. The second-order valence-corrected chi connectivity index (χ2v) is 4.84. The number of carboxylic acids is 1. The Balaban J connectivity index is 3.00. The summed E-state index contributed by atoms with van der Waals surface area (Å²) in [6, 6.07) is 6.06. The maximum atomic E-state index is 12.5. The highest BCUT2D eigenvalue weighted by Gasteiger charge is 2.23. The van der Waals surface area contributed by atoms with Crippen molar-refractivity contribution in [2.24, 2.45) is 0 Å². The fourth-order valence-corrected chi connectivity index (χ4v) is 2.05. The van der Waals surface area contributed by atoms with Crippen LogP contribution in [-0.2, 0) is 4.79 Å². The Bertz CT molecular complexity index is 496. The van der Waals surface area contributed by atoms with Crippen LogP contribution in [-0.4, -0.2) is 53.4 Å². The summed E-state index contributed by atoms with van der Waals surface area (Å²) in [6.07, 6.45) is 0.441. The highest BCUT2D eigenvalue weighted by atomic mass is 35.5. The van der Waals surface area contributed by atoms with E-state index in [1.54, 1.807) is 31.2 Å². The standard InChI is InChI=1S/C14H19ClN2O4/c1-2-16(7-4-8-18)14(21)17(10-13(19)20)12-6-3-5-11(15)9-12/h3,5-6,9,18H,2,4,7-8,10H2,1H3,(H,19,20). The maximum absolute atomic E-state index is 12.5. The Morgan fingerprint density at radius 1 is 1.33 bits per heavy atom. The highest BCUT2D eigenvalue weighted by molar-refractivity contribution is 6.30. The monoisotopic (exact) mass is 314 g/mol. The first-order valence-electron chi connectivity index (χ1n) is 6.64. The van der Waals surface area contributed by atoms with E-state index >= 15 is 0 Å². The molecule has 6 nitrogen and oxygen atoms in total.